The van der Waals surface area contributed by atoms with E-state index in [1.165, 1.54) is 29.2 Å². The first kappa shape index (κ1) is 20.4. The number of halogens is 3. The Hall–Kier alpha value is -2.89. The second-order valence-electron chi connectivity index (χ2n) is 7.01. The smallest absolute Gasteiger partial charge is 0.259 e. The van der Waals surface area contributed by atoms with Crippen LogP contribution in [0.25, 0.3) is 0 Å². The summed E-state index contributed by atoms with van der Waals surface area (Å²) in [7, 11) is 0. The summed E-state index contributed by atoms with van der Waals surface area (Å²) < 4.78 is 13.3. The van der Waals surface area contributed by atoms with Crippen molar-refractivity contribution in [3.05, 3.63) is 93.7 Å². The fourth-order valence-corrected chi connectivity index (χ4v) is 4.03. The SMILES string of the molecule is C[C@@H]1C(=O)N(Cc2ccc(Cl)cc2Cl)c2ccccc2N1C(=O)c1ccc(F)cc1. The van der Waals surface area contributed by atoms with Crippen LogP contribution in [-0.2, 0) is 11.3 Å². The minimum Gasteiger partial charge on any atom is -0.304 e. The van der Waals surface area contributed by atoms with Crippen molar-refractivity contribution in [2.24, 2.45) is 0 Å². The summed E-state index contributed by atoms with van der Waals surface area (Å²) >= 11 is 12.3. The molecule has 30 heavy (non-hydrogen) atoms. The van der Waals surface area contributed by atoms with E-state index in [1.54, 1.807) is 54.3 Å². The molecule has 3 aromatic carbocycles. The summed E-state index contributed by atoms with van der Waals surface area (Å²) in [5, 5.41) is 0.976. The lowest BCUT2D eigenvalue weighted by molar-refractivity contribution is -0.119. The maximum atomic E-state index is 13.3. The zero-order valence-corrected chi connectivity index (χ0v) is 17.5. The first-order valence-corrected chi connectivity index (χ1v) is 10.1. The molecule has 0 bridgehead atoms. The highest BCUT2D eigenvalue weighted by Crippen LogP contribution is 2.38. The van der Waals surface area contributed by atoms with E-state index >= 15 is 0 Å². The summed E-state index contributed by atoms with van der Waals surface area (Å²) in [5.41, 5.74) is 2.25. The van der Waals surface area contributed by atoms with Crippen molar-refractivity contribution >= 4 is 46.4 Å². The van der Waals surface area contributed by atoms with Crippen LogP contribution in [0.15, 0.2) is 66.7 Å². The van der Waals surface area contributed by atoms with E-state index in [0.29, 0.717) is 27.0 Å². The number of fused-ring (bicyclic) bond motifs is 1. The van der Waals surface area contributed by atoms with Gasteiger partial charge in [-0.1, -0.05) is 41.4 Å². The molecule has 0 radical (unpaired) electrons. The summed E-state index contributed by atoms with van der Waals surface area (Å²) in [6.45, 7) is 1.92. The van der Waals surface area contributed by atoms with Gasteiger partial charge in [-0.05, 0) is 61.0 Å². The van der Waals surface area contributed by atoms with Crippen molar-refractivity contribution in [2.75, 3.05) is 9.80 Å². The fourth-order valence-electron chi connectivity index (χ4n) is 3.56. The number of hydrogen-bond donors (Lipinski definition) is 0. The molecule has 0 aromatic heterocycles. The molecule has 2 amide bonds. The molecule has 1 heterocycles. The minimum absolute atomic E-state index is 0.241. The van der Waals surface area contributed by atoms with E-state index in [-0.39, 0.29) is 18.4 Å². The van der Waals surface area contributed by atoms with Crippen LogP contribution in [0, 0.1) is 5.82 Å². The van der Waals surface area contributed by atoms with Crippen LogP contribution >= 0.6 is 23.2 Å². The van der Waals surface area contributed by atoms with E-state index in [2.05, 4.69) is 0 Å². The molecule has 0 saturated carbocycles. The highest BCUT2D eigenvalue weighted by molar-refractivity contribution is 6.35. The number of benzene rings is 3. The van der Waals surface area contributed by atoms with Crippen molar-refractivity contribution in [1.82, 2.24) is 0 Å². The van der Waals surface area contributed by atoms with Crippen LogP contribution < -0.4 is 9.80 Å². The second kappa shape index (κ2) is 8.09. The number of amides is 2. The Kier molecular flexibility index (Phi) is 5.50. The van der Waals surface area contributed by atoms with E-state index in [1.807, 2.05) is 0 Å². The van der Waals surface area contributed by atoms with Gasteiger partial charge < -0.3 is 4.90 Å². The molecule has 152 valence electrons. The Balaban J connectivity index is 1.75. The Morgan fingerprint density at radius 1 is 1.00 bits per heavy atom. The van der Waals surface area contributed by atoms with Gasteiger partial charge in [0.15, 0.2) is 0 Å². The normalized spacial score (nSPS) is 15.9. The summed E-state index contributed by atoms with van der Waals surface area (Å²) in [4.78, 5) is 29.5. The molecule has 0 spiro atoms. The Morgan fingerprint density at radius 2 is 1.67 bits per heavy atom. The molecule has 0 saturated heterocycles. The predicted molar refractivity (Wildman–Crippen MR) is 117 cm³/mol. The lowest BCUT2D eigenvalue weighted by atomic mass is 10.0. The first-order chi connectivity index (χ1) is 14.4. The van der Waals surface area contributed by atoms with Gasteiger partial charge in [0.1, 0.15) is 11.9 Å². The van der Waals surface area contributed by atoms with Gasteiger partial charge in [-0.25, -0.2) is 4.39 Å². The molecule has 1 aliphatic rings. The summed E-state index contributed by atoms with van der Waals surface area (Å²) in [6, 6.07) is 16.8. The third-order valence-electron chi connectivity index (χ3n) is 5.10. The standard InChI is InChI=1S/C23H17Cl2FN2O2/c1-14-22(29)27(13-16-6-9-17(24)12-19(16)25)20-4-2-3-5-21(20)28(14)23(30)15-7-10-18(26)11-8-15/h2-12,14H,13H2,1H3/t14-/m1/s1. The zero-order chi connectivity index (χ0) is 21.4. The minimum atomic E-state index is -0.747. The van der Waals surface area contributed by atoms with E-state index in [4.69, 9.17) is 23.2 Å². The first-order valence-electron chi connectivity index (χ1n) is 9.30. The van der Waals surface area contributed by atoms with Gasteiger partial charge in [-0.3, -0.25) is 14.5 Å². The van der Waals surface area contributed by atoms with Gasteiger partial charge in [0, 0.05) is 15.6 Å². The largest absolute Gasteiger partial charge is 0.304 e. The van der Waals surface area contributed by atoms with Crippen LogP contribution in [0.2, 0.25) is 10.0 Å². The van der Waals surface area contributed by atoms with Crippen LogP contribution in [0.5, 0.6) is 0 Å². The summed E-state index contributed by atoms with van der Waals surface area (Å²) in [6.07, 6.45) is 0. The van der Waals surface area contributed by atoms with Gasteiger partial charge in [0.25, 0.3) is 5.91 Å². The average molecular weight is 443 g/mol. The molecule has 3 aromatic rings. The topological polar surface area (TPSA) is 40.6 Å². The average Bonchev–Trinajstić information content (AvgIpc) is 2.73. The lowest BCUT2D eigenvalue weighted by Gasteiger charge is -2.40. The van der Waals surface area contributed by atoms with Crippen LogP contribution in [0.4, 0.5) is 15.8 Å². The molecular weight excluding hydrogens is 426 g/mol. The Labute approximate surface area is 183 Å². The number of nitrogens with zero attached hydrogens (tertiary/aromatic N) is 2. The molecule has 0 fully saturated rings. The molecule has 1 atom stereocenters. The zero-order valence-electron chi connectivity index (χ0n) is 16.0. The van der Waals surface area contributed by atoms with Gasteiger partial charge in [-0.2, -0.15) is 0 Å². The number of carbonyl (C=O) groups excluding carboxylic acids is 2. The van der Waals surface area contributed by atoms with E-state index in [9.17, 15) is 14.0 Å². The van der Waals surface area contributed by atoms with E-state index < -0.39 is 11.9 Å². The second-order valence-corrected chi connectivity index (χ2v) is 7.85. The van der Waals surface area contributed by atoms with Crippen LogP contribution in [0.3, 0.4) is 0 Å². The van der Waals surface area contributed by atoms with Crippen molar-refractivity contribution in [3.63, 3.8) is 0 Å². The number of carbonyl (C=O) groups is 2. The number of rotatable bonds is 3. The van der Waals surface area contributed by atoms with Crippen LogP contribution in [0.1, 0.15) is 22.8 Å². The van der Waals surface area contributed by atoms with Crippen molar-refractivity contribution in [1.29, 1.82) is 0 Å². The molecule has 0 N–H and O–H groups in total. The Bertz CT molecular complexity index is 1130. The van der Waals surface area contributed by atoms with Gasteiger partial charge in [0.05, 0.1) is 17.9 Å². The third-order valence-corrected chi connectivity index (χ3v) is 5.68. The van der Waals surface area contributed by atoms with Gasteiger partial charge >= 0.3 is 0 Å². The maximum Gasteiger partial charge on any atom is 0.259 e. The predicted octanol–water partition coefficient (Wildman–Crippen LogP) is 5.71. The van der Waals surface area contributed by atoms with Crippen molar-refractivity contribution in [2.45, 2.75) is 19.5 Å². The molecular formula is C23H17Cl2FN2O2. The molecule has 0 aliphatic carbocycles. The third kappa shape index (κ3) is 3.66. The van der Waals surface area contributed by atoms with Gasteiger partial charge in [0.2, 0.25) is 5.91 Å². The summed E-state index contributed by atoms with van der Waals surface area (Å²) in [5.74, 6) is -1.04. The van der Waals surface area contributed by atoms with Gasteiger partial charge in [-0.15, -0.1) is 0 Å². The Morgan fingerprint density at radius 3 is 2.33 bits per heavy atom. The maximum absolute atomic E-state index is 13.3. The quantitative estimate of drug-likeness (QED) is 0.520. The van der Waals surface area contributed by atoms with Crippen LogP contribution in [-0.4, -0.2) is 17.9 Å². The molecule has 1 aliphatic heterocycles. The monoisotopic (exact) mass is 442 g/mol. The fraction of sp³-hybridized carbons (Fsp3) is 0.130. The highest BCUT2D eigenvalue weighted by atomic mass is 35.5. The molecule has 4 rings (SSSR count). The van der Waals surface area contributed by atoms with E-state index in [0.717, 1.165) is 5.56 Å². The highest BCUT2D eigenvalue weighted by Gasteiger charge is 2.39. The molecule has 4 nitrogen and oxygen atoms in total. The number of hydrogen-bond acceptors (Lipinski definition) is 2. The van der Waals surface area contributed by atoms with Crippen molar-refractivity contribution in [3.8, 4) is 0 Å². The number of anilines is 2. The molecule has 7 heteroatoms. The number of para-hydroxylation sites is 2. The molecule has 0 unspecified atom stereocenters. The lowest BCUT2D eigenvalue weighted by Crippen LogP contribution is -2.54. The van der Waals surface area contributed by atoms with Crippen molar-refractivity contribution < 1.29 is 14.0 Å².